The van der Waals surface area contributed by atoms with E-state index in [1.807, 2.05) is 35.4 Å². The minimum atomic E-state index is 0.145. The van der Waals surface area contributed by atoms with Crippen LogP contribution in [0.1, 0.15) is 28.1 Å². The molecule has 0 unspecified atom stereocenters. The van der Waals surface area contributed by atoms with Gasteiger partial charge in [-0.15, -0.1) is 11.3 Å². The summed E-state index contributed by atoms with van der Waals surface area (Å²) < 4.78 is 1.17. The van der Waals surface area contributed by atoms with Crippen molar-refractivity contribution in [1.29, 1.82) is 0 Å². The number of fused-ring (bicyclic) bond motifs is 3. The average molecular weight is 375 g/mol. The third-order valence-corrected chi connectivity index (χ3v) is 7.00. The molecule has 0 aliphatic heterocycles. The minimum Gasteiger partial charge on any atom is -0.333 e. The van der Waals surface area contributed by atoms with Gasteiger partial charge in [0, 0.05) is 30.2 Å². The lowest BCUT2D eigenvalue weighted by Gasteiger charge is -2.28. The van der Waals surface area contributed by atoms with Crippen molar-refractivity contribution in [3.05, 3.63) is 77.5 Å². The molecule has 2 aliphatic carbocycles. The molecule has 1 aromatic carbocycles. The third-order valence-electron chi connectivity index (χ3n) is 5.89. The van der Waals surface area contributed by atoms with Crippen molar-refractivity contribution < 1.29 is 4.79 Å². The molecule has 0 spiro atoms. The molecule has 136 valence electrons. The fourth-order valence-electron chi connectivity index (χ4n) is 4.56. The zero-order valence-corrected chi connectivity index (χ0v) is 15.9. The van der Waals surface area contributed by atoms with Gasteiger partial charge in [0.2, 0.25) is 0 Å². The summed E-state index contributed by atoms with van der Waals surface area (Å²) in [5.74, 6) is 2.09. The Labute approximate surface area is 163 Å². The maximum Gasteiger partial charge on any atom is 0.264 e. The summed E-state index contributed by atoms with van der Waals surface area (Å²) in [7, 11) is 0. The van der Waals surface area contributed by atoms with E-state index in [2.05, 4.69) is 35.3 Å². The van der Waals surface area contributed by atoms with E-state index in [1.54, 1.807) is 17.5 Å². The van der Waals surface area contributed by atoms with E-state index in [0.29, 0.717) is 18.4 Å². The van der Waals surface area contributed by atoms with E-state index in [1.165, 1.54) is 17.5 Å². The Morgan fingerprint density at radius 2 is 2.07 bits per heavy atom. The summed E-state index contributed by atoms with van der Waals surface area (Å²) >= 11 is 1.60. The molecule has 0 N–H and O–H groups in total. The van der Waals surface area contributed by atoms with E-state index in [9.17, 15) is 4.79 Å². The van der Waals surface area contributed by atoms with Crippen molar-refractivity contribution in [2.75, 3.05) is 6.54 Å². The summed E-state index contributed by atoms with van der Waals surface area (Å²) in [4.78, 5) is 20.5. The molecule has 1 amide bonds. The standard InChI is InChI=1S/C23H22N2OS/c26-23(22-12-19-5-1-2-6-21(19)27-22)25(14-17-4-3-9-24-13-17)15-20-11-16-7-8-18(20)10-16/h1-9,12-13,16,18,20H,10-11,14-15H2/t16-,18+,20+/m1/s1. The number of amides is 1. The molecular weight excluding hydrogens is 352 g/mol. The SMILES string of the molecule is O=C(c1cc2ccccc2s1)N(Cc1cccnc1)C[C@@H]1C[C@@H]2C=C[C@H]1C2. The van der Waals surface area contributed by atoms with Crippen LogP contribution in [-0.2, 0) is 6.54 Å². The first kappa shape index (κ1) is 16.7. The van der Waals surface area contributed by atoms with E-state index in [0.717, 1.165) is 28.3 Å². The zero-order valence-electron chi connectivity index (χ0n) is 15.1. The average Bonchev–Trinajstić information content (AvgIpc) is 3.42. The first-order valence-electron chi connectivity index (χ1n) is 9.61. The maximum absolute atomic E-state index is 13.4. The molecule has 0 saturated heterocycles. The molecule has 2 bridgehead atoms. The molecule has 0 radical (unpaired) electrons. The highest BCUT2D eigenvalue weighted by molar-refractivity contribution is 7.20. The number of carbonyl (C=O) groups excluding carboxylic acids is 1. The normalized spacial score (nSPS) is 23.2. The van der Waals surface area contributed by atoms with Gasteiger partial charge in [0.1, 0.15) is 0 Å². The highest BCUT2D eigenvalue weighted by Crippen LogP contribution is 2.44. The molecule has 4 heteroatoms. The Morgan fingerprint density at radius 1 is 1.15 bits per heavy atom. The Bertz CT molecular complexity index is 961. The number of nitrogens with zero attached hydrogens (tertiary/aromatic N) is 2. The monoisotopic (exact) mass is 374 g/mol. The molecule has 2 heterocycles. The van der Waals surface area contributed by atoms with Crippen LogP contribution in [0.2, 0.25) is 0 Å². The second kappa shape index (κ2) is 6.93. The number of hydrogen-bond donors (Lipinski definition) is 0. The minimum absolute atomic E-state index is 0.145. The summed E-state index contributed by atoms with van der Waals surface area (Å²) in [6.45, 7) is 1.45. The molecule has 5 rings (SSSR count). The highest BCUT2D eigenvalue weighted by Gasteiger charge is 2.37. The summed E-state index contributed by atoms with van der Waals surface area (Å²) in [5, 5.41) is 1.15. The molecule has 3 atom stereocenters. The quantitative estimate of drug-likeness (QED) is 0.579. The van der Waals surface area contributed by atoms with Crippen molar-refractivity contribution in [2.45, 2.75) is 19.4 Å². The lowest BCUT2D eigenvalue weighted by molar-refractivity contribution is 0.0709. The Morgan fingerprint density at radius 3 is 2.81 bits per heavy atom. The van der Waals surface area contributed by atoms with Crippen LogP contribution < -0.4 is 0 Å². The number of carbonyl (C=O) groups is 1. The van der Waals surface area contributed by atoms with Gasteiger partial charge in [-0.05, 0) is 59.7 Å². The van der Waals surface area contributed by atoms with Crippen LogP contribution in [-0.4, -0.2) is 22.3 Å². The van der Waals surface area contributed by atoms with Gasteiger partial charge in [-0.25, -0.2) is 0 Å². The van der Waals surface area contributed by atoms with Crippen molar-refractivity contribution in [3.8, 4) is 0 Å². The number of aromatic nitrogens is 1. The number of benzene rings is 1. The third kappa shape index (κ3) is 3.30. The zero-order chi connectivity index (χ0) is 18.2. The van der Waals surface area contributed by atoms with E-state index >= 15 is 0 Å². The summed E-state index contributed by atoms with van der Waals surface area (Å²) in [6, 6.07) is 14.3. The molecule has 2 aromatic heterocycles. The van der Waals surface area contributed by atoms with Crippen molar-refractivity contribution in [1.82, 2.24) is 9.88 Å². The molecule has 3 nitrogen and oxygen atoms in total. The number of pyridine rings is 1. The Balaban J connectivity index is 1.42. The molecule has 27 heavy (non-hydrogen) atoms. The molecule has 3 aromatic rings. The van der Waals surface area contributed by atoms with Crippen LogP contribution in [0.4, 0.5) is 0 Å². The lowest BCUT2D eigenvalue weighted by atomic mass is 9.93. The van der Waals surface area contributed by atoms with Crippen LogP contribution in [0, 0.1) is 17.8 Å². The van der Waals surface area contributed by atoms with Crippen LogP contribution in [0.15, 0.2) is 67.0 Å². The smallest absolute Gasteiger partial charge is 0.264 e. The van der Waals surface area contributed by atoms with Gasteiger partial charge in [0.15, 0.2) is 0 Å². The molecule has 1 saturated carbocycles. The first-order valence-corrected chi connectivity index (χ1v) is 10.4. The highest BCUT2D eigenvalue weighted by atomic mass is 32.1. The second-order valence-electron chi connectivity index (χ2n) is 7.74. The fourth-order valence-corrected chi connectivity index (χ4v) is 5.59. The number of rotatable bonds is 5. The van der Waals surface area contributed by atoms with Gasteiger partial charge in [-0.3, -0.25) is 9.78 Å². The van der Waals surface area contributed by atoms with Crippen molar-refractivity contribution in [2.24, 2.45) is 17.8 Å². The predicted octanol–water partition coefficient (Wildman–Crippen LogP) is 5.15. The van der Waals surface area contributed by atoms with Gasteiger partial charge >= 0.3 is 0 Å². The van der Waals surface area contributed by atoms with E-state index in [4.69, 9.17) is 0 Å². The van der Waals surface area contributed by atoms with Gasteiger partial charge in [0.25, 0.3) is 5.91 Å². The number of allylic oxidation sites excluding steroid dienone is 2. The van der Waals surface area contributed by atoms with Gasteiger partial charge < -0.3 is 4.90 Å². The first-order chi connectivity index (χ1) is 13.3. The summed E-state index contributed by atoms with van der Waals surface area (Å²) in [6.07, 6.45) is 10.9. The lowest BCUT2D eigenvalue weighted by Crippen LogP contribution is -2.35. The second-order valence-corrected chi connectivity index (χ2v) is 8.82. The fraction of sp³-hybridized carbons (Fsp3) is 0.304. The van der Waals surface area contributed by atoms with Gasteiger partial charge in [-0.1, -0.05) is 36.4 Å². The number of thiophene rings is 1. The largest absolute Gasteiger partial charge is 0.333 e. The molecule has 2 aliphatic rings. The topological polar surface area (TPSA) is 33.2 Å². The van der Waals surface area contributed by atoms with E-state index < -0.39 is 0 Å². The Hall–Kier alpha value is -2.46. The van der Waals surface area contributed by atoms with Gasteiger partial charge in [-0.2, -0.15) is 0 Å². The van der Waals surface area contributed by atoms with Crippen LogP contribution >= 0.6 is 11.3 Å². The summed E-state index contributed by atoms with van der Waals surface area (Å²) in [5.41, 5.74) is 1.09. The maximum atomic E-state index is 13.4. The van der Waals surface area contributed by atoms with Crippen molar-refractivity contribution in [3.63, 3.8) is 0 Å². The Kier molecular flexibility index (Phi) is 4.29. The van der Waals surface area contributed by atoms with E-state index in [-0.39, 0.29) is 5.91 Å². The van der Waals surface area contributed by atoms with Crippen molar-refractivity contribution >= 4 is 27.3 Å². The number of hydrogen-bond acceptors (Lipinski definition) is 3. The van der Waals surface area contributed by atoms with Crippen LogP contribution in [0.5, 0.6) is 0 Å². The predicted molar refractivity (Wildman–Crippen MR) is 110 cm³/mol. The molecular formula is C23H22N2OS. The van der Waals surface area contributed by atoms with Crippen LogP contribution in [0.25, 0.3) is 10.1 Å². The molecule has 1 fully saturated rings. The van der Waals surface area contributed by atoms with Gasteiger partial charge in [0.05, 0.1) is 4.88 Å². The van der Waals surface area contributed by atoms with Crippen LogP contribution in [0.3, 0.4) is 0 Å².